The summed E-state index contributed by atoms with van der Waals surface area (Å²) in [5.41, 5.74) is 1.19. The third kappa shape index (κ3) is 5.72. The van der Waals surface area contributed by atoms with Gasteiger partial charge in [-0.05, 0) is 43.3 Å². The number of likely N-dealkylation sites (tertiary alicyclic amines) is 1. The number of hydrogen-bond donors (Lipinski definition) is 1. The Kier molecular flexibility index (Phi) is 6.46. The Labute approximate surface area is 167 Å². The summed E-state index contributed by atoms with van der Waals surface area (Å²) in [7, 11) is 3.51. The molecule has 0 spiro atoms. The number of ether oxygens (including phenoxy) is 1. The van der Waals surface area contributed by atoms with Crippen molar-refractivity contribution in [3.8, 4) is 5.75 Å². The summed E-state index contributed by atoms with van der Waals surface area (Å²) in [4.78, 5) is 15.6. The maximum absolute atomic E-state index is 12.6. The van der Waals surface area contributed by atoms with Crippen LogP contribution in [0, 0.1) is 0 Å². The number of H-pyrrole nitrogens is 1. The first kappa shape index (κ1) is 21.2. The van der Waals surface area contributed by atoms with Gasteiger partial charge in [-0.25, -0.2) is 0 Å². The van der Waals surface area contributed by atoms with Gasteiger partial charge in [0.25, 0.3) is 0 Å². The van der Waals surface area contributed by atoms with Crippen LogP contribution in [0.1, 0.15) is 29.3 Å². The standard InChI is InChI=1S/C20H25F3N4O2/c1-26(2)19(28)13-27-9-7-14(12-27)18-11-16(24-25-18)8-10-29-17-5-3-15(4-6-17)20(21,22)23/h3-6,11,14H,7-10,12-13H2,1-2H3,(H,24,25)/t14-/m0/s1. The van der Waals surface area contributed by atoms with Crippen LogP contribution in [0.2, 0.25) is 0 Å². The monoisotopic (exact) mass is 410 g/mol. The summed E-state index contributed by atoms with van der Waals surface area (Å²) in [5.74, 6) is 0.773. The molecule has 2 heterocycles. The van der Waals surface area contributed by atoms with Gasteiger partial charge >= 0.3 is 6.18 Å². The topological polar surface area (TPSA) is 61.5 Å². The van der Waals surface area contributed by atoms with Gasteiger partial charge in [0.2, 0.25) is 5.91 Å². The zero-order valence-electron chi connectivity index (χ0n) is 16.5. The van der Waals surface area contributed by atoms with Gasteiger partial charge in [0.15, 0.2) is 0 Å². The van der Waals surface area contributed by atoms with E-state index in [1.807, 2.05) is 6.07 Å². The largest absolute Gasteiger partial charge is 0.493 e. The van der Waals surface area contributed by atoms with Crippen LogP contribution >= 0.6 is 0 Å². The summed E-state index contributed by atoms with van der Waals surface area (Å²) in [5, 5.41) is 7.38. The first-order valence-electron chi connectivity index (χ1n) is 9.49. The van der Waals surface area contributed by atoms with Crippen molar-refractivity contribution in [3.63, 3.8) is 0 Å². The predicted molar refractivity (Wildman–Crippen MR) is 102 cm³/mol. The first-order chi connectivity index (χ1) is 13.7. The number of nitrogens with one attached hydrogen (secondary N) is 1. The molecule has 1 aliphatic heterocycles. The molecule has 0 bridgehead atoms. The van der Waals surface area contributed by atoms with E-state index in [1.165, 1.54) is 12.1 Å². The van der Waals surface area contributed by atoms with Gasteiger partial charge in [0.05, 0.1) is 24.4 Å². The fourth-order valence-corrected chi connectivity index (χ4v) is 3.29. The number of hydrogen-bond acceptors (Lipinski definition) is 4. The number of benzene rings is 1. The number of alkyl halides is 3. The molecule has 1 aromatic carbocycles. The van der Waals surface area contributed by atoms with E-state index in [9.17, 15) is 18.0 Å². The zero-order chi connectivity index (χ0) is 21.0. The van der Waals surface area contributed by atoms with Crippen molar-refractivity contribution in [1.82, 2.24) is 20.0 Å². The molecular weight excluding hydrogens is 385 g/mol. The number of rotatable bonds is 7. The Morgan fingerprint density at radius 2 is 2.03 bits per heavy atom. The Morgan fingerprint density at radius 3 is 2.69 bits per heavy atom. The summed E-state index contributed by atoms with van der Waals surface area (Å²) >= 11 is 0. The highest BCUT2D eigenvalue weighted by molar-refractivity contribution is 5.77. The average molecular weight is 410 g/mol. The number of nitrogens with zero attached hydrogens (tertiary/aromatic N) is 3. The molecule has 0 unspecified atom stereocenters. The van der Waals surface area contributed by atoms with E-state index < -0.39 is 11.7 Å². The second kappa shape index (κ2) is 8.86. The molecule has 1 N–H and O–H groups in total. The molecule has 29 heavy (non-hydrogen) atoms. The molecule has 3 rings (SSSR count). The van der Waals surface area contributed by atoms with Crippen LogP contribution < -0.4 is 4.74 Å². The van der Waals surface area contributed by atoms with Crippen molar-refractivity contribution < 1.29 is 22.7 Å². The lowest BCUT2D eigenvalue weighted by molar-refractivity contribution is -0.137. The molecule has 1 aromatic heterocycles. The molecule has 1 saturated heterocycles. The van der Waals surface area contributed by atoms with Gasteiger partial charge in [-0.3, -0.25) is 14.8 Å². The Hall–Kier alpha value is -2.55. The molecule has 0 radical (unpaired) electrons. The van der Waals surface area contributed by atoms with Crippen LogP contribution in [-0.4, -0.2) is 66.2 Å². The molecule has 0 saturated carbocycles. The minimum Gasteiger partial charge on any atom is -0.493 e. The van der Waals surface area contributed by atoms with Crippen LogP contribution in [-0.2, 0) is 17.4 Å². The molecule has 0 aliphatic carbocycles. The van der Waals surface area contributed by atoms with Gasteiger partial charge in [-0.1, -0.05) is 0 Å². The molecule has 1 aliphatic rings. The van der Waals surface area contributed by atoms with Gasteiger partial charge in [-0.2, -0.15) is 18.3 Å². The van der Waals surface area contributed by atoms with Gasteiger partial charge in [0.1, 0.15) is 5.75 Å². The zero-order valence-corrected chi connectivity index (χ0v) is 16.5. The number of halogens is 3. The molecule has 9 heteroatoms. The Morgan fingerprint density at radius 1 is 1.31 bits per heavy atom. The second-order valence-corrected chi connectivity index (χ2v) is 7.45. The molecule has 2 aromatic rings. The summed E-state index contributed by atoms with van der Waals surface area (Å²) in [6, 6.07) is 6.66. The van der Waals surface area contributed by atoms with E-state index in [2.05, 4.69) is 15.1 Å². The number of amides is 1. The number of carbonyl (C=O) groups excluding carboxylic acids is 1. The van der Waals surface area contributed by atoms with Crippen molar-refractivity contribution >= 4 is 5.91 Å². The number of aromatic nitrogens is 2. The van der Waals surface area contributed by atoms with E-state index in [0.717, 1.165) is 43.0 Å². The van der Waals surface area contributed by atoms with Gasteiger partial charge < -0.3 is 9.64 Å². The highest BCUT2D eigenvalue weighted by Crippen LogP contribution is 2.30. The quantitative estimate of drug-likeness (QED) is 0.763. The SMILES string of the molecule is CN(C)C(=O)CN1CC[C@H](c2cc(CCOc3ccc(C(F)(F)F)cc3)[nH]n2)C1. The van der Waals surface area contributed by atoms with Crippen molar-refractivity contribution in [2.75, 3.05) is 40.3 Å². The average Bonchev–Trinajstić information content (AvgIpc) is 3.31. The minimum absolute atomic E-state index is 0.0915. The second-order valence-electron chi connectivity index (χ2n) is 7.45. The van der Waals surface area contributed by atoms with Gasteiger partial charge in [-0.15, -0.1) is 0 Å². The molecule has 1 amide bonds. The Bertz CT molecular complexity index is 818. The fraction of sp³-hybridized carbons (Fsp3) is 0.500. The van der Waals surface area contributed by atoms with E-state index in [1.54, 1.807) is 19.0 Å². The van der Waals surface area contributed by atoms with E-state index in [-0.39, 0.29) is 11.8 Å². The van der Waals surface area contributed by atoms with E-state index >= 15 is 0 Å². The third-order valence-electron chi connectivity index (χ3n) is 5.02. The van der Waals surface area contributed by atoms with E-state index in [0.29, 0.717) is 25.3 Å². The predicted octanol–water partition coefficient (Wildman–Crippen LogP) is 2.93. The normalized spacial score (nSPS) is 17.5. The smallest absolute Gasteiger partial charge is 0.416 e. The number of likely N-dealkylation sites (N-methyl/N-ethyl adjacent to an activating group) is 1. The number of carbonyl (C=O) groups is 1. The fourth-order valence-electron chi connectivity index (χ4n) is 3.29. The molecule has 1 fully saturated rings. The summed E-state index contributed by atoms with van der Waals surface area (Å²) in [6.07, 6.45) is -2.82. The highest BCUT2D eigenvalue weighted by Gasteiger charge is 2.30. The van der Waals surface area contributed by atoms with Crippen molar-refractivity contribution in [1.29, 1.82) is 0 Å². The highest BCUT2D eigenvalue weighted by atomic mass is 19.4. The van der Waals surface area contributed by atoms with Crippen LogP contribution in [0.5, 0.6) is 5.75 Å². The van der Waals surface area contributed by atoms with Crippen LogP contribution in [0.15, 0.2) is 30.3 Å². The van der Waals surface area contributed by atoms with Crippen LogP contribution in [0.3, 0.4) is 0 Å². The van der Waals surface area contributed by atoms with Crippen molar-refractivity contribution in [2.45, 2.75) is 24.9 Å². The molecular formula is C20H25F3N4O2. The molecule has 6 nitrogen and oxygen atoms in total. The lowest BCUT2D eigenvalue weighted by Crippen LogP contribution is -2.35. The Balaban J connectivity index is 1.45. The molecule has 1 atom stereocenters. The van der Waals surface area contributed by atoms with Crippen LogP contribution in [0.4, 0.5) is 13.2 Å². The lowest BCUT2D eigenvalue weighted by Gasteiger charge is -2.17. The van der Waals surface area contributed by atoms with Crippen molar-refractivity contribution in [2.24, 2.45) is 0 Å². The third-order valence-corrected chi connectivity index (χ3v) is 5.02. The summed E-state index contributed by atoms with van der Waals surface area (Å²) < 4.78 is 43.2. The summed E-state index contributed by atoms with van der Waals surface area (Å²) in [6.45, 7) is 2.41. The van der Waals surface area contributed by atoms with E-state index in [4.69, 9.17) is 4.74 Å². The number of aromatic amines is 1. The lowest BCUT2D eigenvalue weighted by atomic mass is 10.0. The maximum Gasteiger partial charge on any atom is 0.416 e. The van der Waals surface area contributed by atoms with Crippen molar-refractivity contribution in [3.05, 3.63) is 47.3 Å². The molecule has 158 valence electrons. The first-order valence-corrected chi connectivity index (χ1v) is 9.49. The van der Waals surface area contributed by atoms with Gasteiger partial charge in [0, 0.05) is 38.7 Å². The maximum atomic E-state index is 12.6. The van der Waals surface area contributed by atoms with Crippen LogP contribution in [0.25, 0.3) is 0 Å². The minimum atomic E-state index is -4.35.